The SMILES string of the molecule is CCCCCCCCCC(C)C=CO. The summed E-state index contributed by atoms with van der Waals surface area (Å²) in [6, 6.07) is 0. The van der Waals surface area contributed by atoms with Gasteiger partial charge < -0.3 is 5.11 Å². The predicted octanol–water partition coefficient (Wildman–Crippen LogP) is 4.83. The van der Waals surface area contributed by atoms with Gasteiger partial charge in [0, 0.05) is 0 Å². The quantitative estimate of drug-likeness (QED) is 0.415. The normalized spacial score (nSPS) is 13.6. The van der Waals surface area contributed by atoms with Crippen molar-refractivity contribution in [2.75, 3.05) is 0 Å². The molecule has 0 heterocycles. The van der Waals surface area contributed by atoms with Crippen LogP contribution >= 0.6 is 0 Å². The monoisotopic (exact) mass is 198 g/mol. The highest BCUT2D eigenvalue weighted by atomic mass is 16.2. The Bertz CT molecular complexity index is 129. The fourth-order valence-electron chi connectivity index (χ4n) is 1.67. The van der Waals surface area contributed by atoms with Crippen molar-refractivity contribution >= 4 is 0 Å². The third-order valence-electron chi connectivity index (χ3n) is 2.68. The predicted molar refractivity (Wildman–Crippen MR) is 63.5 cm³/mol. The smallest absolute Gasteiger partial charge is 0.0754 e. The molecule has 0 bridgehead atoms. The van der Waals surface area contributed by atoms with Crippen LogP contribution in [0.1, 0.15) is 65.2 Å². The van der Waals surface area contributed by atoms with Crippen LogP contribution in [-0.2, 0) is 0 Å². The van der Waals surface area contributed by atoms with Gasteiger partial charge in [-0.05, 0) is 18.4 Å². The van der Waals surface area contributed by atoms with E-state index in [4.69, 9.17) is 5.11 Å². The van der Waals surface area contributed by atoms with Gasteiger partial charge in [0.2, 0.25) is 0 Å². The molecule has 0 aromatic carbocycles. The van der Waals surface area contributed by atoms with Crippen molar-refractivity contribution < 1.29 is 5.11 Å². The van der Waals surface area contributed by atoms with E-state index in [0.717, 1.165) is 0 Å². The maximum Gasteiger partial charge on any atom is 0.0754 e. The van der Waals surface area contributed by atoms with Crippen LogP contribution in [0.5, 0.6) is 0 Å². The summed E-state index contributed by atoms with van der Waals surface area (Å²) in [6.45, 7) is 4.41. The van der Waals surface area contributed by atoms with Crippen molar-refractivity contribution in [2.45, 2.75) is 65.2 Å². The van der Waals surface area contributed by atoms with E-state index in [1.807, 2.05) is 6.08 Å². The number of hydrogen-bond donors (Lipinski definition) is 1. The van der Waals surface area contributed by atoms with Gasteiger partial charge in [-0.3, -0.25) is 0 Å². The minimum atomic E-state index is 0.538. The summed E-state index contributed by atoms with van der Waals surface area (Å²) in [5, 5.41) is 8.56. The van der Waals surface area contributed by atoms with Crippen molar-refractivity contribution in [3.8, 4) is 0 Å². The summed E-state index contributed by atoms with van der Waals surface area (Å²) in [4.78, 5) is 0. The van der Waals surface area contributed by atoms with Crippen LogP contribution in [0.15, 0.2) is 12.3 Å². The van der Waals surface area contributed by atoms with Crippen LogP contribution in [0.2, 0.25) is 0 Å². The molecule has 1 nitrogen and oxygen atoms in total. The fraction of sp³-hybridized carbons (Fsp3) is 0.846. The van der Waals surface area contributed by atoms with Crippen molar-refractivity contribution in [1.82, 2.24) is 0 Å². The van der Waals surface area contributed by atoms with Crippen LogP contribution in [0.25, 0.3) is 0 Å². The first kappa shape index (κ1) is 13.5. The van der Waals surface area contributed by atoms with Gasteiger partial charge in [0.1, 0.15) is 0 Å². The van der Waals surface area contributed by atoms with Gasteiger partial charge in [0.25, 0.3) is 0 Å². The number of hydrogen-bond acceptors (Lipinski definition) is 1. The highest BCUT2D eigenvalue weighted by Gasteiger charge is 1.96. The molecule has 1 heteroatoms. The van der Waals surface area contributed by atoms with Gasteiger partial charge in [-0.1, -0.05) is 58.8 Å². The average Bonchev–Trinajstić information content (AvgIpc) is 2.17. The molecule has 0 spiro atoms. The average molecular weight is 198 g/mol. The first-order valence-corrected chi connectivity index (χ1v) is 6.12. The maximum absolute atomic E-state index is 8.56. The molecule has 0 amide bonds. The lowest BCUT2D eigenvalue weighted by molar-refractivity contribution is 0.459. The Morgan fingerprint density at radius 1 is 1.00 bits per heavy atom. The largest absolute Gasteiger partial charge is 0.516 e. The molecule has 0 aliphatic heterocycles. The first-order chi connectivity index (χ1) is 6.81. The zero-order valence-corrected chi connectivity index (χ0v) is 9.84. The molecule has 0 saturated heterocycles. The van der Waals surface area contributed by atoms with E-state index in [9.17, 15) is 0 Å². The molecule has 14 heavy (non-hydrogen) atoms. The van der Waals surface area contributed by atoms with E-state index in [0.29, 0.717) is 5.92 Å². The Labute approximate surface area is 89.2 Å². The second-order valence-corrected chi connectivity index (χ2v) is 4.23. The topological polar surface area (TPSA) is 20.2 Å². The zero-order chi connectivity index (χ0) is 10.6. The summed E-state index contributed by atoms with van der Waals surface area (Å²) in [7, 11) is 0. The summed E-state index contributed by atoms with van der Waals surface area (Å²) < 4.78 is 0. The van der Waals surface area contributed by atoms with Crippen molar-refractivity contribution in [2.24, 2.45) is 5.92 Å². The standard InChI is InChI=1S/C13H26O/c1-3-4-5-6-7-8-9-10-13(2)11-12-14/h11-14H,3-10H2,1-2H3. The van der Waals surface area contributed by atoms with Crippen LogP contribution in [-0.4, -0.2) is 5.11 Å². The number of unbranched alkanes of at least 4 members (excludes halogenated alkanes) is 6. The molecular weight excluding hydrogens is 172 g/mol. The van der Waals surface area contributed by atoms with Crippen molar-refractivity contribution in [3.05, 3.63) is 12.3 Å². The van der Waals surface area contributed by atoms with E-state index in [1.54, 1.807) is 0 Å². The lowest BCUT2D eigenvalue weighted by Crippen LogP contribution is -1.89. The molecule has 0 radical (unpaired) electrons. The third-order valence-corrected chi connectivity index (χ3v) is 2.68. The number of allylic oxidation sites excluding steroid dienone is 1. The molecule has 1 unspecified atom stereocenters. The molecule has 0 aliphatic rings. The first-order valence-electron chi connectivity index (χ1n) is 6.12. The summed E-state index contributed by atoms with van der Waals surface area (Å²) in [5.74, 6) is 0.538. The Balaban J connectivity index is 3.05. The Morgan fingerprint density at radius 2 is 1.57 bits per heavy atom. The molecule has 0 aromatic heterocycles. The lowest BCUT2D eigenvalue weighted by Gasteiger charge is -2.04. The minimum Gasteiger partial charge on any atom is -0.516 e. The fourth-order valence-corrected chi connectivity index (χ4v) is 1.67. The highest BCUT2D eigenvalue weighted by molar-refractivity contribution is 4.78. The van der Waals surface area contributed by atoms with Gasteiger partial charge >= 0.3 is 0 Å². The van der Waals surface area contributed by atoms with E-state index < -0.39 is 0 Å². The molecule has 0 fully saturated rings. The summed E-state index contributed by atoms with van der Waals surface area (Å²) in [6.07, 6.45) is 13.8. The van der Waals surface area contributed by atoms with Gasteiger partial charge in [-0.2, -0.15) is 0 Å². The molecule has 0 rings (SSSR count). The molecule has 1 N–H and O–H groups in total. The van der Waals surface area contributed by atoms with Crippen LogP contribution in [0.4, 0.5) is 0 Å². The Kier molecular flexibility index (Phi) is 10.3. The molecule has 0 aliphatic carbocycles. The van der Waals surface area contributed by atoms with E-state index in [2.05, 4.69) is 13.8 Å². The van der Waals surface area contributed by atoms with E-state index in [1.165, 1.54) is 57.6 Å². The van der Waals surface area contributed by atoms with E-state index >= 15 is 0 Å². The molecular formula is C13H26O. The van der Waals surface area contributed by atoms with Crippen molar-refractivity contribution in [3.63, 3.8) is 0 Å². The van der Waals surface area contributed by atoms with Crippen molar-refractivity contribution in [1.29, 1.82) is 0 Å². The second kappa shape index (κ2) is 10.6. The number of aliphatic hydroxyl groups excluding tert-OH is 1. The van der Waals surface area contributed by atoms with Gasteiger partial charge in [0.05, 0.1) is 6.26 Å². The highest BCUT2D eigenvalue weighted by Crippen LogP contribution is 2.13. The van der Waals surface area contributed by atoms with Gasteiger partial charge in [0.15, 0.2) is 0 Å². The van der Waals surface area contributed by atoms with E-state index in [-0.39, 0.29) is 0 Å². The van der Waals surface area contributed by atoms with Gasteiger partial charge in [-0.25, -0.2) is 0 Å². The Morgan fingerprint density at radius 3 is 2.14 bits per heavy atom. The maximum atomic E-state index is 8.56. The number of aliphatic hydroxyl groups is 1. The van der Waals surface area contributed by atoms with Crippen LogP contribution < -0.4 is 0 Å². The number of rotatable bonds is 9. The van der Waals surface area contributed by atoms with Gasteiger partial charge in [-0.15, -0.1) is 0 Å². The van der Waals surface area contributed by atoms with Crippen LogP contribution in [0, 0.1) is 5.92 Å². The second-order valence-electron chi connectivity index (χ2n) is 4.23. The van der Waals surface area contributed by atoms with Crippen LogP contribution in [0.3, 0.4) is 0 Å². The lowest BCUT2D eigenvalue weighted by atomic mass is 10.0. The molecule has 0 aromatic rings. The zero-order valence-electron chi connectivity index (χ0n) is 9.84. The molecule has 0 saturated carbocycles. The minimum absolute atomic E-state index is 0.538. The third kappa shape index (κ3) is 9.63. The molecule has 84 valence electrons. The summed E-state index contributed by atoms with van der Waals surface area (Å²) in [5.41, 5.74) is 0. The molecule has 1 atom stereocenters. The summed E-state index contributed by atoms with van der Waals surface area (Å²) >= 11 is 0. The Hall–Kier alpha value is -0.460.